The number of benzene rings is 2. The summed E-state index contributed by atoms with van der Waals surface area (Å²) in [5, 5.41) is 2.75. The van der Waals surface area contributed by atoms with Crippen LogP contribution in [0.3, 0.4) is 0 Å². The third-order valence-electron chi connectivity index (χ3n) is 3.14. The van der Waals surface area contributed by atoms with E-state index in [1.807, 2.05) is 67.6 Å². The van der Waals surface area contributed by atoms with Gasteiger partial charge >= 0.3 is 6.09 Å². The summed E-state index contributed by atoms with van der Waals surface area (Å²) < 4.78 is 10.3. The van der Waals surface area contributed by atoms with Gasteiger partial charge < -0.3 is 9.47 Å². The van der Waals surface area contributed by atoms with E-state index in [1.54, 1.807) is 7.11 Å². The first-order chi connectivity index (χ1) is 10.7. The average molecular weight is 297 g/mol. The minimum atomic E-state index is -0.479. The molecular weight excluding hydrogens is 278 g/mol. The molecule has 4 heteroatoms. The molecule has 1 N–H and O–H groups in total. The van der Waals surface area contributed by atoms with E-state index in [0.717, 1.165) is 16.9 Å². The number of hydrogen-bond acceptors (Lipinski definition) is 3. The molecule has 0 spiro atoms. The van der Waals surface area contributed by atoms with Crippen LogP contribution in [-0.4, -0.2) is 13.2 Å². The van der Waals surface area contributed by atoms with Crippen molar-refractivity contribution >= 4 is 11.8 Å². The van der Waals surface area contributed by atoms with Crippen molar-refractivity contribution in [1.82, 2.24) is 5.32 Å². The van der Waals surface area contributed by atoms with E-state index in [2.05, 4.69) is 5.32 Å². The molecule has 0 aliphatic rings. The van der Waals surface area contributed by atoms with E-state index in [-0.39, 0.29) is 6.61 Å². The second-order valence-electron chi connectivity index (χ2n) is 4.62. The molecule has 0 aliphatic heterocycles. The van der Waals surface area contributed by atoms with Gasteiger partial charge in [0.25, 0.3) is 0 Å². The van der Waals surface area contributed by atoms with Gasteiger partial charge in [0.2, 0.25) is 0 Å². The fourth-order valence-electron chi connectivity index (χ4n) is 1.95. The lowest BCUT2D eigenvalue weighted by molar-refractivity contribution is 0.144. The van der Waals surface area contributed by atoms with Crippen LogP contribution in [-0.2, 0) is 11.3 Å². The van der Waals surface area contributed by atoms with Gasteiger partial charge in [-0.3, -0.25) is 5.32 Å². The standard InChI is InChI=1S/C18H19NO3/c1-3-17(15-9-11-16(21-2)12-10-15)19-18(20)22-13-14-7-5-4-6-8-14/h3-12H,13H2,1-2H3,(H,19,20)/b17-3-. The van der Waals surface area contributed by atoms with Gasteiger partial charge in [-0.2, -0.15) is 0 Å². The highest BCUT2D eigenvalue weighted by Gasteiger charge is 2.07. The molecule has 0 atom stereocenters. The summed E-state index contributed by atoms with van der Waals surface area (Å²) in [4.78, 5) is 11.9. The summed E-state index contributed by atoms with van der Waals surface area (Å²) in [5.74, 6) is 0.769. The molecule has 0 aromatic heterocycles. The van der Waals surface area contributed by atoms with Crippen LogP contribution in [0, 0.1) is 0 Å². The molecule has 0 fully saturated rings. The minimum absolute atomic E-state index is 0.242. The van der Waals surface area contributed by atoms with Crippen LogP contribution in [0.25, 0.3) is 5.70 Å². The second kappa shape index (κ2) is 7.88. The van der Waals surface area contributed by atoms with Crippen molar-refractivity contribution in [3.63, 3.8) is 0 Å². The smallest absolute Gasteiger partial charge is 0.411 e. The molecule has 0 radical (unpaired) electrons. The van der Waals surface area contributed by atoms with E-state index in [9.17, 15) is 4.79 Å². The summed E-state index contributed by atoms with van der Waals surface area (Å²) in [6, 6.07) is 17.0. The molecule has 0 bridgehead atoms. The topological polar surface area (TPSA) is 47.6 Å². The highest BCUT2D eigenvalue weighted by molar-refractivity contribution is 5.81. The fraction of sp³-hybridized carbons (Fsp3) is 0.167. The lowest BCUT2D eigenvalue weighted by Crippen LogP contribution is -2.22. The number of rotatable bonds is 5. The van der Waals surface area contributed by atoms with Crippen molar-refractivity contribution < 1.29 is 14.3 Å². The van der Waals surface area contributed by atoms with E-state index >= 15 is 0 Å². The first-order valence-electron chi connectivity index (χ1n) is 7.01. The summed E-state index contributed by atoms with van der Waals surface area (Å²) in [5.41, 5.74) is 2.53. The van der Waals surface area contributed by atoms with Crippen LogP contribution in [0.1, 0.15) is 18.1 Å². The molecule has 0 saturated heterocycles. The summed E-state index contributed by atoms with van der Waals surface area (Å²) >= 11 is 0. The number of nitrogens with one attached hydrogen (secondary N) is 1. The molecule has 0 saturated carbocycles. The molecule has 2 aromatic carbocycles. The number of hydrogen-bond donors (Lipinski definition) is 1. The monoisotopic (exact) mass is 297 g/mol. The van der Waals surface area contributed by atoms with Crippen LogP contribution in [0.15, 0.2) is 60.7 Å². The maximum Gasteiger partial charge on any atom is 0.411 e. The number of ether oxygens (including phenoxy) is 2. The van der Waals surface area contributed by atoms with Crippen molar-refractivity contribution in [3.8, 4) is 5.75 Å². The van der Waals surface area contributed by atoms with Crippen LogP contribution in [0.2, 0.25) is 0 Å². The van der Waals surface area contributed by atoms with E-state index < -0.39 is 6.09 Å². The van der Waals surface area contributed by atoms with E-state index in [1.165, 1.54) is 0 Å². The Morgan fingerprint density at radius 3 is 2.36 bits per heavy atom. The zero-order chi connectivity index (χ0) is 15.8. The molecular formula is C18H19NO3. The normalized spacial score (nSPS) is 10.9. The average Bonchev–Trinajstić information content (AvgIpc) is 2.59. The van der Waals surface area contributed by atoms with Gasteiger partial charge in [0.15, 0.2) is 0 Å². The van der Waals surface area contributed by atoms with E-state index in [4.69, 9.17) is 9.47 Å². The lowest BCUT2D eigenvalue weighted by atomic mass is 10.1. The summed E-state index contributed by atoms with van der Waals surface area (Å²) in [6.45, 7) is 2.10. The minimum Gasteiger partial charge on any atom is -0.497 e. The molecule has 2 aromatic rings. The number of amides is 1. The largest absolute Gasteiger partial charge is 0.497 e. The molecule has 0 aliphatic carbocycles. The molecule has 1 amide bonds. The third-order valence-corrected chi connectivity index (χ3v) is 3.14. The van der Waals surface area contributed by atoms with Gasteiger partial charge in [0.1, 0.15) is 12.4 Å². The predicted molar refractivity (Wildman–Crippen MR) is 86.4 cm³/mol. The first-order valence-corrected chi connectivity index (χ1v) is 7.01. The van der Waals surface area contributed by atoms with Crippen molar-refractivity contribution in [2.75, 3.05) is 7.11 Å². The van der Waals surface area contributed by atoms with Gasteiger partial charge in [-0.05, 0) is 42.3 Å². The van der Waals surface area contributed by atoms with Crippen LogP contribution in [0.4, 0.5) is 4.79 Å². The Kier molecular flexibility index (Phi) is 5.60. The molecule has 0 heterocycles. The molecule has 114 valence electrons. The summed E-state index contributed by atoms with van der Waals surface area (Å²) in [7, 11) is 1.62. The second-order valence-corrected chi connectivity index (χ2v) is 4.62. The maximum absolute atomic E-state index is 11.9. The Labute approximate surface area is 130 Å². The van der Waals surface area contributed by atoms with Crippen LogP contribution < -0.4 is 10.1 Å². The Morgan fingerprint density at radius 1 is 1.09 bits per heavy atom. The Balaban J connectivity index is 1.93. The van der Waals surface area contributed by atoms with Gasteiger partial charge in [-0.25, -0.2) is 4.79 Å². The molecule has 2 rings (SSSR count). The molecule has 22 heavy (non-hydrogen) atoms. The van der Waals surface area contributed by atoms with Crippen LogP contribution in [0.5, 0.6) is 5.75 Å². The lowest BCUT2D eigenvalue weighted by Gasteiger charge is -2.11. The zero-order valence-corrected chi connectivity index (χ0v) is 12.7. The zero-order valence-electron chi connectivity index (χ0n) is 12.7. The summed E-state index contributed by atoms with van der Waals surface area (Å²) in [6.07, 6.45) is 1.35. The number of carbonyl (C=O) groups is 1. The predicted octanol–water partition coefficient (Wildman–Crippen LogP) is 3.98. The van der Waals surface area contributed by atoms with Crippen molar-refractivity contribution in [3.05, 3.63) is 71.8 Å². The Hall–Kier alpha value is -2.75. The third kappa shape index (κ3) is 4.38. The fourth-order valence-corrected chi connectivity index (χ4v) is 1.95. The van der Waals surface area contributed by atoms with Gasteiger partial charge in [0.05, 0.1) is 7.11 Å². The van der Waals surface area contributed by atoms with Crippen molar-refractivity contribution in [2.24, 2.45) is 0 Å². The van der Waals surface area contributed by atoms with E-state index in [0.29, 0.717) is 5.70 Å². The van der Waals surface area contributed by atoms with Crippen molar-refractivity contribution in [1.29, 1.82) is 0 Å². The number of carbonyl (C=O) groups excluding carboxylic acids is 1. The van der Waals surface area contributed by atoms with Crippen LogP contribution >= 0.6 is 0 Å². The number of methoxy groups -OCH3 is 1. The van der Waals surface area contributed by atoms with Gasteiger partial charge in [0, 0.05) is 5.70 Å². The van der Waals surface area contributed by atoms with Gasteiger partial charge in [-0.1, -0.05) is 36.4 Å². The highest BCUT2D eigenvalue weighted by Crippen LogP contribution is 2.17. The number of allylic oxidation sites excluding steroid dienone is 1. The molecule has 0 unspecified atom stereocenters. The first kappa shape index (κ1) is 15.6. The van der Waals surface area contributed by atoms with Crippen molar-refractivity contribution in [2.45, 2.75) is 13.5 Å². The molecule has 4 nitrogen and oxygen atoms in total. The Bertz CT molecular complexity index is 633. The number of alkyl carbamates (subject to hydrolysis) is 1. The highest BCUT2D eigenvalue weighted by atomic mass is 16.5. The quantitative estimate of drug-likeness (QED) is 0.908. The van der Waals surface area contributed by atoms with Gasteiger partial charge in [-0.15, -0.1) is 0 Å². The maximum atomic E-state index is 11.9. The Morgan fingerprint density at radius 2 is 1.77 bits per heavy atom. The SMILES string of the molecule is C/C=C(\NC(=O)OCc1ccccc1)c1ccc(OC)cc1.